The first-order chi connectivity index (χ1) is 14.9. The van der Waals surface area contributed by atoms with E-state index in [4.69, 9.17) is 9.47 Å². The third kappa shape index (κ3) is 5.42. The molecule has 7 heteroatoms. The van der Waals surface area contributed by atoms with Gasteiger partial charge >= 0.3 is 0 Å². The van der Waals surface area contributed by atoms with Crippen molar-refractivity contribution in [2.45, 2.75) is 33.7 Å². The Bertz CT molecular complexity index is 1110. The first-order valence-corrected chi connectivity index (χ1v) is 10.5. The van der Waals surface area contributed by atoms with Gasteiger partial charge < -0.3 is 19.4 Å². The summed E-state index contributed by atoms with van der Waals surface area (Å²) in [5.74, 6) is 1.94. The Morgan fingerprint density at radius 1 is 1.16 bits per heavy atom. The molecule has 0 aliphatic heterocycles. The molecule has 7 nitrogen and oxygen atoms in total. The van der Waals surface area contributed by atoms with Gasteiger partial charge in [0.25, 0.3) is 11.5 Å². The van der Waals surface area contributed by atoms with E-state index in [0.29, 0.717) is 52.9 Å². The van der Waals surface area contributed by atoms with E-state index >= 15 is 0 Å². The quantitative estimate of drug-likeness (QED) is 0.562. The zero-order valence-electron chi connectivity index (χ0n) is 18.5. The number of rotatable bonds is 9. The van der Waals surface area contributed by atoms with Gasteiger partial charge in [-0.2, -0.15) is 0 Å². The van der Waals surface area contributed by atoms with E-state index in [1.54, 1.807) is 48.4 Å². The largest absolute Gasteiger partial charge is 0.493 e. The molecule has 164 valence electrons. The Hall–Kier alpha value is -3.35. The lowest BCUT2D eigenvalue weighted by atomic mass is 10.1. The molecule has 1 aromatic heterocycles. The zero-order chi connectivity index (χ0) is 22.4. The molecule has 3 aromatic rings. The van der Waals surface area contributed by atoms with Gasteiger partial charge in [-0.3, -0.25) is 9.59 Å². The van der Waals surface area contributed by atoms with Crippen molar-refractivity contribution in [3.63, 3.8) is 0 Å². The SMILES string of the molecule is CCN(Cc1nc2ccccc2c(=O)[nH]1)C(=O)c1ccc(OCCC(C)C)c(OC)c1. The molecule has 2 aromatic carbocycles. The fraction of sp³-hybridized carbons (Fsp3) is 0.375. The Balaban J connectivity index is 1.79. The van der Waals surface area contributed by atoms with Crippen LogP contribution in [0.2, 0.25) is 0 Å². The summed E-state index contributed by atoms with van der Waals surface area (Å²) in [7, 11) is 1.56. The number of para-hydroxylation sites is 1. The number of carbonyl (C=O) groups is 1. The summed E-state index contributed by atoms with van der Waals surface area (Å²) in [5.41, 5.74) is 0.876. The molecule has 0 spiro atoms. The Kier molecular flexibility index (Phi) is 7.28. The molecule has 0 aliphatic rings. The number of benzene rings is 2. The lowest BCUT2D eigenvalue weighted by Crippen LogP contribution is -2.32. The second kappa shape index (κ2) is 10.1. The number of fused-ring (bicyclic) bond motifs is 1. The van der Waals surface area contributed by atoms with Crippen LogP contribution < -0.4 is 15.0 Å². The van der Waals surface area contributed by atoms with Crippen molar-refractivity contribution in [1.82, 2.24) is 14.9 Å². The fourth-order valence-corrected chi connectivity index (χ4v) is 3.22. The smallest absolute Gasteiger partial charge is 0.258 e. The van der Waals surface area contributed by atoms with Gasteiger partial charge in [-0.05, 0) is 49.6 Å². The van der Waals surface area contributed by atoms with Crippen LogP contribution in [0.4, 0.5) is 0 Å². The Labute approximate surface area is 182 Å². The minimum absolute atomic E-state index is 0.176. The van der Waals surface area contributed by atoms with Crippen LogP contribution in [-0.2, 0) is 6.54 Å². The van der Waals surface area contributed by atoms with Gasteiger partial charge in [-0.15, -0.1) is 0 Å². The monoisotopic (exact) mass is 423 g/mol. The molecule has 31 heavy (non-hydrogen) atoms. The summed E-state index contributed by atoms with van der Waals surface area (Å²) in [4.78, 5) is 34.4. The third-order valence-electron chi connectivity index (χ3n) is 5.03. The van der Waals surface area contributed by atoms with Crippen LogP contribution >= 0.6 is 0 Å². The number of hydrogen-bond donors (Lipinski definition) is 1. The van der Waals surface area contributed by atoms with E-state index < -0.39 is 0 Å². The standard InChI is InChI=1S/C24H29N3O4/c1-5-27(15-22-25-19-9-7-6-8-18(19)23(28)26-22)24(29)17-10-11-20(21(14-17)30-4)31-13-12-16(2)3/h6-11,14,16H,5,12-13,15H2,1-4H3,(H,25,26,28). The highest BCUT2D eigenvalue weighted by Gasteiger charge is 2.18. The van der Waals surface area contributed by atoms with Crippen molar-refractivity contribution in [3.8, 4) is 11.5 Å². The van der Waals surface area contributed by atoms with E-state index in [2.05, 4.69) is 23.8 Å². The van der Waals surface area contributed by atoms with E-state index in [1.165, 1.54) is 0 Å². The maximum absolute atomic E-state index is 13.1. The summed E-state index contributed by atoms with van der Waals surface area (Å²) in [5, 5.41) is 0.526. The maximum atomic E-state index is 13.1. The van der Waals surface area contributed by atoms with E-state index in [9.17, 15) is 9.59 Å². The van der Waals surface area contributed by atoms with Crippen molar-refractivity contribution in [3.05, 3.63) is 64.2 Å². The molecule has 0 unspecified atom stereocenters. The average Bonchev–Trinajstić information content (AvgIpc) is 2.77. The van der Waals surface area contributed by atoms with Crippen LogP contribution in [0, 0.1) is 5.92 Å². The maximum Gasteiger partial charge on any atom is 0.258 e. The van der Waals surface area contributed by atoms with E-state index in [0.717, 1.165) is 6.42 Å². The van der Waals surface area contributed by atoms with Crippen molar-refractivity contribution >= 4 is 16.8 Å². The molecule has 0 saturated carbocycles. The summed E-state index contributed by atoms with van der Waals surface area (Å²) < 4.78 is 11.2. The summed E-state index contributed by atoms with van der Waals surface area (Å²) in [6.45, 7) is 7.41. The number of nitrogens with zero attached hydrogens (tertiary/aromatic N) is 2. The lowest BCUT2D eigenvalue weighted by Gasteiger charge is -2.21. The van der Waals surface area contributed by atoms with Crippen LogP contribution in [0.5, 0.6) is 11.5 Å². The van der Waals surface area contributed by atoms with Crippen LogP contribution in [-0.4, -0.2) is 41.0 Å². The predicted octanol–water partition coefficient (Wildman–Crippen LogP) is 4.02. The van der Waals surface area contributed by atoms with Crippen molar-refractivity contribution in [1.29, 1.82) is 0 Å². The van der Waals surface area contributed by atoms with Crippen LogP contribution in [0.15, 0.2) is 47.3 Å². The number of H-pyrrole nitrogens is 1. The third-order valence-corrected chi connectivity index (χ3v) is 5.03. The van der Waals surface area contributed by atoms with Crippen molar-refractivity contribution in [2.75, 3.05) is 20.3 Å². The first kappa shape index (κ1) is 22.3. The van der Waals surface area contributed by atoms with Crippen LogP contribution in [0.3, 0.4) is 0 Å². The molecule has 0 aliphatic carbocycles. The molecule has 0 radical (unpaired) electrons. The van der Waals surface area contributed by atoms with Gasteiger partial charge in [0.15, 0.2) is 11.5 Å². The zero-order valence-corrected chi connectivity index (χ0v) is 18.5. The highest BCUT2D eigenvalue weighted by atomic mass is 16.5. The van der Waals surface area contributed by atoms with Gasteiger partial charge in [0.05, 0.1) is 31.2 Å². The lowest BCUT2D eigenvalue weighted by molar-refractivity contribution is 0.0748. The van der Waals surface area contributed by atoms with Gasteiger partial charge in [0.2, 0.25) is 0 Å². The average molecular weight is 424 g/mol. The number of amides is 1. The fourth-order valence-electron chi connectivity index (χ4n) is 3.22. The van der Waals surface area contributed by atoms with Crippen LogP contribution in [0.1, 0.15) is 43.4 Å². The second-order valence-electron chi connectivity index (χ2n) is 7.75. The van der Waals surface area contributed by atoms with Crippen molar-refractivity contribution in [2.24, 2.45) is 5.92 Å². The number of ether oxygens (including phenoxy) is 2. The normalized spacial score (nSPS) is 11.0. The van der Waals surface area contributed by atoms with Gasteiger partial charge in [-0.1, -0.05) is 26.0 Å². The minimum atomic E-state index is -0.214. The van der Waals surface area contributed by atoms with Crippen LogP contribution in [0.25, 0.3) is 10.9 Å². The van der Waals surface area contributed by atoms with E-state index in [-0.39, 0.29) is 18.0 Å². The molecule has 1 N–H and O–H groups in total. The van der Waals surface area contributed by atoms with Gasteiger partial charge in [0.1, 0.15) is 5.82 Å². The number of hydrogen-bond acceptors (Lipinski definition) is 5. The number of aromatic nitrogens is 2. The Morgan fingerprint density at radius 3 is 2.65 bits per heavy atom. The first-order valence-electron chi connectivity index (χ1n) is 10.5. The number of aromatic amines is 1. The minimum Gasteiger partial charge on any atom is -0.493 e. The number of nitrogens with one attached hydrogen (secondary N) is 1. The molecule has 3 rings (SSSR count). The summed E-state index contributed by atoms with van der Waals surface area (Å²) in [6, 6.07) is 12.3. The molecule has 0 fully saturated rings. The molecule has 1 heterocycles. The van der Waals surface area contributed by atoms with Crippen molar-refractivity contribution < 1.29 is 14.3 Å². The topological polar surface area (TPSA) is 84.5 Å². The molecule has 1 amide bonds. The molecule has 0 bridgehead atoms. The Morgan fingerprint density at radius 2 is 1.94 bits per heavy atom. The highest BCUT2D eigenvalue weighted by Crippen LogP contribution is 2.29. The highest BCUT2D eigenvalue weighted by molar-refractivity contribution is 5.95. The molecule has 0 saturated heterocycles. The molecular formula is C24H29N3O4. The summed E-state index contributed by atoms with van der Waals surface area (Å²) in [6.07, 6.45) is 0.935. The van der Waals surface area contributed by atoms with Gasteiger partial charge in [-0.25, -0.2) is 4.98 Å². The number of methoxy groups -OCH3 is 1. The number of carbonyl (C=O) groups excluding carboxylic acids is 1. The predicted molar refractivity (Wildman–Crippen MR) is 121 cm³/mol. The summed E-state index contributed by atoms with van der Waals surface area (Å²) >= 11 is 0. The molecule has 0 atom stereocenters. The molecular weight excluding hydrogens is 394 g/mol. The van der Waals surface area contributed by atoms with E-state index in [1.807, 2.05) is 13.0 Å². The second-order valence-corrected chi connectivity index (χ2v) is 7.75. The van der Waals surface area contributed by atoms with Gasteiger partial charge in [0, 0.05) is 12.1 Å².